The van der Waals surface area contributed by atoms with Gasteiger partial charge in [-0.15, -0.1) is 5.10 Å². The number of carboxylic acids is 1. The number of ether oxygens (including phenoxy) is 1. The topological polar surface area (TPSA) is 77.2 Å². The highest BCUT2D eigenvalue weighted by Gasteiger charge is 2.22. The van der Waals surface area contributed by atoms with Crippen molar-refractivity contribution in [3.05, 3.63) is 59.5 Å². The molecule has 0 saturated heterocycles. The summed E-state index contributed by atoms with van der Waals surface area (Å²) in [6, 6.07) is 11.4. The zero-order chi connectivity index (χ0) is 17.3. The fourth-order valence-corrected chi connectivity index (χ4v) is 2.35. The first-order chi connectivity index (χ1) is 11.5. The number of aryl methyl sites for hydroxylation is 1. The summed E-state index contributed by atoms with van der Waals surface area (Å²) in [5, 5.41) is 17.0. The van der Waals surface area contributed by atoms with Crippen molar-refractivity contribution in [3.63, 3.8) is 0 Å². The van der Waals surface area contributed by atoms with Gasteiger partial charge in [0, 0.05) is 5.56 Å². The summed E-state index contributed by atoms with van der Waals surface area (Å²) >= 11 is 0. The Labute approximate surface area is 137 Å². The SMILES string of the molecule is COc1cccc(-c2c(C(=O)O)nnn2-c2ccc(C)c(F)c2)c1. The van der Waals surface area contributed by atoms with Crippen molar-refractivity contribution in [3.8, 4) is 22.7 Å². The van der Waals surface area contributed by atoms with E-state index in [1.807, 2.05) is 0 Å². The Morgan fingerprint density at radius 2 is 2.04 bits per heavy atom. The summed E-state index contributed by atoms with van der Waals surface area (Å²) in [7, 11) is 1.52. The first-order valence-corrected chi connectivity index (χ1v) is 7.11. The molecule has 0 spiro atoms. The Kier molecular flexibility index (Phi) is 3.99. The minimum Gasteiger partial charge on any atom is -0.497 e. The third kappa shape index (κ3) is 2.71. The largest absolute Gasteiger partial charge is 0.497 e. The molecule has 3 aromatic rings. The van der Waals surface area contributed by atoms with Crippen molar-refractivity contribution in [2.45, 2.75) is 6.92 Å². The summed E-state index contributed by atoms with van der Waals surface area (Å²) in [5.74, 6) is -1.06. The number of carboxylic acid groups (broad SMARTS) is 1. The third-order valence-electron chi connectivity index (χ3n) is 3.62. The second-order valence-corrected chi connectivity index (χ2v) is 5.17. The highest BCUT2D eigenvalue weighted by atomic mass is 19.1. The molecule has 0 saturated carbocycles. The highest BCUT2D eigenvalue weighted by Crippen LogP contribution is 2.28. The summed E-state index contributed by atoms with van der Waals surface area (Å²) in [6.07, 6.45) is 0. The van der Waals surface area contributed by atoms with E-state index in [1.54, 1.807) is 43.3 Å². The van der Waals surface area contributed by atoms with Crippen LogP contribution in [0.15, 0.2) is 42.5 Å². The van der Waals surface area contributed by atoms with Gasteiger partial charge < -0.3 is 9.84 Å². The lowest BCUT2D eigenvalue weighted by atomic mass is 10.1. The molecule has 0 aliphatic carbocycles. The maximum Gasteiger partial charge on any atom is 0.358 e. The summed E-state index contributed by atoms with van der Waals surface area (Å²) < 4.78 is 20.4. The van der Waals surface area contributed by atoms with Crippen LogP contribution in [0, 0.1) is 12.7 Å². The van der Waals surface area contributed by atoms with Gasteiger partial charge in [0.2, 0.25) is 0 Å². The zero-order valence-electron chi connectivity index (χ0n) is 13.0. The molecule has 0 unspecified atom stereocenters. The van der Waals surface area contributed by atoms with Gasteiger partial charge in [-0.25, -0.2) is 13.9 Å². The minimum atomic E-state index is -1.22. The predicted octanol–water partition coefficient (Wildman–Crippen LogP) is 3.09. The molecule has 122 valence electrons. The molecule has 3 rings (SSSR count). The summed E-state index contributed by atoms with van der Waals surface area (Å²) in [4.78, 5) is 11.5. The second kappa shape index (κ2) is 6.11. The number of aromatic nitrogens is 3. The third-order valence-corrected chi connectivity index (χ3v) is 3.62. The van der Waals surface area contributed by atoms with E-state index in [-0.39, 0.29) is 11.4 Å². The molecule has 0 fully saturated rings. The van der Waals surface area contributed by atoms with E-state index in [2.05, 4.69) is 10.3 Å². The molecular weight excluding hydrogens is 313 g/mol. The molecular formula is C17H14FN3O3. The van der Waals surface area contributed by atoms with Crippen LogP contribution in [0.3, 0.4) is 0 Å². The second-order valence-electron chi connectivity index (χ2n) is 5.17. The molecule has 0 aliphatic rings. The van der Waals surface area contributed by atoms with Crippen molar-refractivity contribution >= 4 is 5.97 Å². The number of carbonyl (C=O) groups is 1. The number of rotatable bonds is 4. The van der Waals surface area contributed by atoms with Crippen LogP contribution in [-0.2, 0) is 0 Å². The lowest BCUT2D eigenvalue weighted by Crippen LogP contribution is -2.04. The van der Waals surface area contributed by atoms with E-state index < -0.39 is 11.8 Å². The average molecular weight is 327 g/mol. The molecule has 0 atom stereocenters. The molecule has 1 N–H and O–H groups in total. The van der Waals surface area contributed by atoms with E-state index in [0.717, 1.165) is 0 Å². The van der Waals surface area contributed by atoms with Gasteiger partial charge in [-0.05, 0) is 36.8 Å². The molecule has 7 heteroatoms. The molecule has 24 heavy (non-hydrogen) atoms. The van der Waals surface area contributed by atoms with Gasteiger partial charge in [0.05, 0.1) is 12.8 Å². The number of hydrogen-bond donors (Lipinski definition) is 1. The Bertz CT molecular complexity index is 921. The number of nitrogens with zero attached hydrogens (tertiary/aromatic N) is 3. The van der Waals surface area contributed by atoms with Gasteiger partial charge in [0.1, 0.15) is 17.3 Å². The van der Waals surface area contributed by atoms with Crippen LogP contribution >= 0.6 is 0 Å². The lowest BCUT2D eigenvalue weighted by molar-refractivity contribution is 0.0691. The molecule has 0 aliphatic heterocycles. The summed E-state index contributed by atoms with van der Waals surface area (Å²) in [6.45, 7) is 1.64. The van der Waals surface area contributed by atoms with Crippen LogP contribution in [0.5, 0.6) is 5.75 Å². The van der Waals surface area contributed by atoms with Crippen molar-refractivity contribution < 1.29 is 19.0 Å². The van der Waals surface area contributed by atoms with Crippen molar-refractivity contribution in [2.24, 2.45) is 0 Å². The van der Waals surface area contributed by atoms with E-state index in [1.165, 1.54) is 17.9 Å². The first-order valence-electron chi connectivity index (χ1n) is 7.11. The van der Waals surface area contributed by atoms with Crippen LogP contribution < -0.4 is 4.74 Å². The van der Waals surface area contributed by atoms with Crippen molar-refractivity contribution in [1.29, 1.82) is 0 Å². The maximum atomic E-state index is 13.9. The van der Waals surface area contributed by atoms with Gasteiger partial charge in [0.25, 0.3) is 0 Å². The Morgan fingerprint density at radius 1 is 1.25 bits per heavy atom. The van der Waals surface area contributed by atoms with Gasteiger partial charge in [-0.2, -0.15) is 0 Å². The molecule has 6 nitrogen and oxygen atoms in total. The molecule has 0 amide bonds. The predicted molar refractivity (Wildman–Crippen MR) is 85.0 cm³/mol. The monoisotopic (exact) mass is 327 g/mol. The molecule has 1 heterocycles. The van der Waals surface area contributed by atoms with Gasteiger partial charge >= 0.3 is 5.97 Å². The quantitative estimate of drug-likeness (QED) is 0.797. The highest BCUT2D eigenvalue weighted by molar-refractivity contribution is 5.93. The van der Waals surface area contributed by atoms with E-state index in [0.29, 0.717) is 22.6 Å². The lowest BCUT2D eigenvalue weighted by Gasteiger charge is -2.09. The van der Waals surface area contributed by atoms with Crippen molar-refractivity contribution in [2.75, 3.05) is 7.11 Å². The fraction of sp³-hybridized carbons (Fsp3) is 0.118. The van der Waals surface area contributed by atoms with Crippen molar-refractivity contribution in [1.82, 2.24) is 15.0 Å². The number of benzene rings is 2. The molecule has 0 radical (unpaired) electrons. The number of aromatic carboxylic acids is 1. The molecule has 2 aromatic carbocycles. The Morgan fingerprint density at radius 3 is 2.71 bits per heavy atom. The number of hydrogen-bond acceptors (Lipinski definition) is 4. The standard InChI is InChI=1S/C17H14FN3O3/c1-10-6-7-12(9-14(10)18)21-16(15(17(22)23)19-20-21)11-4-3-5-13(8-11)24-2/h3-9H,1-2H3,(H,22,23). The van der Waals surface area contributed by atoms with Gasteiger partial charge in [-0.1, -0.05) is 23.4 Å². The van der Waals surface area contributed by atoms with Crippen LogP contribution in [0.2, 0.25) is 0 Å². The van der Waals surface area contributed by atoms with Crippen LogP contribution in [-0.4, -0.2) is 33.2 Å². The Hall–Kier alpha value is -3.22. The normalized spacial score (nSPS) is 10.6. The maximum absolute atomic E-state index is 13.9. The smallest absolute Gasteiger partial charge is 0.358 e. The first kappa shape index (κ1) is 15.7. The molecule has 0 bridgehead atoms. The zero-order valence-corrected chi connectivity index (χ0v) is 13.0. The van der Waals surface area contributed by atoms with Crippen LogP contribution in [0.25, 0.3) is 16.9 Å². The average Bonchev–Trinajstić information content (AvgIpc) is 3.02. The minimum absolute atomic E-state index is 0.218. The fourth-order valence-electron chi connectivity index (χ4n) is 2.35. The van der Waals surface area contributed by atoms with Crippen LogP contribution in [0.4, 0.5) is 4.39 Å². The molecule has 1 aromatic heterocycles. The number of methoxy groups -OCH3 is 1. The van der Waals surface area contributed by atoms with E-state index in [4.69, 9.17) is 4.74 Å². The van der Waals surface area contributed by atoms with Gasteiger partial charge in [0.15, 0.2) is 5.69 Å². The van der Waals surface area contributed by atoms with E-state index >= 15 is 0 Å². The van der Waals surface area contributed by atoms with E-state index in [9.17, 15) is 14.3 Å². The number of halogens is 1. The summed E-state index contributed by atoms with van der Waals surface area (Å²) in [5.41, 5.74) is 1.46. The van der Waals surface area contributed by atoms with Crippen LogP contribution in [0.1, 0.15) is 16.1 Å². The van der Waals surface area contributed by atoms with Gasteiger partial charge in [-0.3, -0.25) is 0 Å². The Balaban J connectivity index is 2.24.